The number of ketones is 1. The lowest BCUT2D eigenvalue weighted by molar-refractivity contribution is -0.235. The summed E-state index contributed by atoms with van der Waals surface area (Å²) < 4.78 is 6.17. The van der Waals surface area contributed by atoms with Gasteiger partial charge in [-0.25, -0.2) is 4.98 Å². The highest BCUT2D eigenvalue weighted by atomic mass is 16.5. The van der Waals surface area contributed by atoms with Gasteiger partial charge in [0.25, 0.3) is 0 Å². The van der Waals surface area contributed by atoms with E-state index in [1.807, 2.05) is 24.3 Å². The number of carbonyl (C=O) groups is 3. The molecule has 4 saturated carbocycles. The first kappa shape index (κ1) is 37.3. The van der Waals surface area contributed by atoms with Crippen LogP contribution >= 0.6 is 0 Å². The number of carboxylic acids is 1. The fraction of sp³-hybridized carbons (Fsp3) is 0.727. The molecule has 9 atom stereocenters. The lowest BCUT2D eigenvalue weighted by Gasteiger charge is -2.72. The summed E-state index contributed by atoms with van der Waals surface area (Å²) in [6.07, 6.45) is 7.45. The molecule has 0 radical (unpaired) electrons. The van der Waals surface area contributed by atoms with Crippen molar-refractivity contribution in [2.45, 2.75) is 145 Å². The number of aliphatic carboxylic acids is 1. The largest absolute Gasteiger partial charge is 0.481 e. The van der Waals surface area contributed by atoms with Crippen molar-refractivity contribution >= 4 is 28.8 Å². The molecule has 1 aromatic carbocycles. The number of aliphatic hydroxyl groups is 1. The third-order valence-corrected chi connectivity index (χ3v) is 16.3. The number of carbonyl (C=O) groups excluding carboxylic acids is 2. The molecule has 5 aliphatic carbocycles. The number of rotatable bonds is 8. The van der Waals surface area contributed by atoms with Crippen molar-refractivity contribution < 1.29 is 29.3 Å². The van der Waals surface area contributed by atoms with Crippen LogP contribution in [-0.2, 0) is 25.5 Å². The van der Waals surface area contributed by atoms with Crippen LogP contribution in [-0.4, -0.2) is 50.1 Å². The Balaban J connectivity index is 1.18. The van der Waals surface area contributed by atoms with Crippen molar-refractivity contribution in [2.75, 3.05) is 0 Å². The van der Waals surface area contributed by atoms with Gasteiger partial charge in [0.15, 0.2) is 5.78 Å². The molecule has 52 heavy (non-hydrogen) atoms. The van der Waals surface area contributed by atoms with Gasteiger partial charge in [0.05, 0.1) is 29.0 Å². The number of fused-ring (bicyclic) bond motifs is 8. The summed E-state index contributed by atoms with van der Waals surface area (Å²) >= 11 is 0. The van der Waals surface area contributed by atoms with Gasteiger partial charge in [0.1, 0.15) is 11.9 Å². The average molecular weight is 715 g/mol. The van der Waals surface area contributed by atoms with Crippen molar-refractivity contribution in [3.63, 3.8) is 0 Å². The molecule has 2 aromatic rings. The Morgan fingerprint density at radius 3 is 2.35 bits per heavy atom. The van der Waals surface area contributed by atoms with Crippen molar-refractivity contribution in [3.05, 3.63) is 41.2 Å². The number of ether oxygens (including phenoxy) is 1. The van der Waals surface area contributed by atoms with Crippen LogP contribution in [0.25, 0.3) is 11.0 Å². The summed E-state index contributed by atoms with van der Waals surface area (Å²) in [5.74, 6) is 0.772. The number of Topliss-reactive ketones (excluding diaryl/α,β-unsaturated/α-hetero) is 1. The first-order valence-corrected chi connectivity index (χ1v) is 20.0. The standard InChI is InChI=1S/C44H62N2O6/c1-25(2)36-29(47)23-44(32(48)22-34-45-27-12-10-11-13-28(27)46-34)21-20-42(8)26(37(36)44)14-15-31-41(7)18-17-33(52-35(49)24-39(3,4)38(50)51)40(5,6)30(41)16-19-43(31,42)9/h10-13,25-26,30-33,48H,14-24H2,1-9H3,(H,45,46)(H,50,51)/t26-,30+,31-,32+,33+,41+,42-,43-,44+/m1/s1. The van der Waals surface area contributed by atoms with Crippen LogP contribution in [0.5, 0.6) is 0 Å². The number of hydrogen-bond donors (Lipinski definition) is 3. The lowest BCUT2D eigenvalue weighted by atomic mass is 9.33. The fourth-order valence-electron chi connectivity index (χ4n) is 13.4. The Labute approximate surface area is 310 Å². The van der Waals surface area contributed by atoms with Gasteiger partial charge in [-0.2, -0.15) is 0 Å². The second-order valence-electron chi connectivity index (χ2n) is 20.0. The van der Waals surface area contributed by atoms with Gasteiger partial charge in [0, 0.05) is 23.7 Å². The van der Waals surface area contributed by atoms with Gasteiger partial charge >= 0.3 is 11.9 Å². The van der Waals surface area contributed by atoms with E-state index in [2.05, 4.69) is 53.5 Å². The van der Waals surface area contributed by atoms with Crippen LogP contribution in [0.15, 0.2) is 35.4 Å². The zero-order chi connectivity index (χ0) is 37.8. The number of carboxylic acid groups (broad SMARTS) is 1. The maximum atomic E-state index is 14.1. The number of imidazole rings is 1. The van der Waals surface area contributed by atoms with Gasteiger partial charge in [-0.1, -0.05) is 66.2 Å². The van der Waals surface area contributed by atoms with E-state index in [9.17, 15) is 24.6 Å². The zero-order valence-electron chi connectivity index (χ0n) is 33.0. The third-order valence-electron chi connectivity index (χ3n) is 16.3. The number of aromatic amines is 1. The Morgan fingerprint density at radius 1 is 0.962 bits per heavy atom. The smallest absolute Gasteiger partial charge is 0.309 e. The minimum absolute atomic E-state index is 0.0254. The number of H-pyrrole nitrogens is 1. The predicted molar refractivity (Wildman–Crippen MR) is 201 cm³/mol. The molecule has 5 aliphatic rings. The highest BCUT2D eigenvalue weighted by molar-refractivity contribution is 6.00. The molecular formula is C44H62N2O6. The summed E-state index contributed by atoms with van der Waals surface area (Å²) in [5, 5.41) is 21.9. The number of allylic oxidation sites excluding steroid dienone is 1. The maximum Gasteiger partial charge on any atom is 0.309 e. The highest BCUT2D eigenvalue weighted by Gasteiger charge is 2.70. The van der Waals surface area contributed by atoms with Crippen LogP contribution in [0.2, 0.25) is 0 Å². The quantitative estimate of drug-likeness (QED) is 0.233. The summed E-state index contributed by atoms with van der Waals surface area (Å²) in [6, 6.07) is 7.98. The second kappa shape index (κ2) is 12.3. The molecule has 0 amide bonds. The van der Waals surface area contributed by atoms with Crippen molar-refractivity contribution in [3.8, 4) is 0 Å². The lowest BCUT2D eigenvalue weighted by Crippen LogP contribution is -2.66. The molecule has 4 fully saturated rings. The minimum atomic E-state index is -1.17. The van der Waals surface area contributed by atoms with E-state index in [-0.39, 0.29) is 51.8 Å². The monoisotopic (exact) mass is 714 g/mol. The zero-order valence-corrected chi connectivity index (χ0v) is 33.0. The second-order valence-corrected chi connectivity index (χ2v) is 20.0. The van der Waals surface area contributed by atoms with Crippen LogP contribution in [0.1, 0.15) is 132 Å². The maximum absolute atomic E-state index is 14.1. The van der Waals surface area contributed by atoms with Crippen LogP contribution in [0.4, 0.5) is 0 Å². The van der Waals surface area contributed by atoms with E-state index in [1.165, 1.54) is 5.57 Å². The van der Waals surface area contributed by atoms with Crippen molar-refractivity contribution in [1.29, 1.82) is 0 Å². The minimum Gasteiger partial charge on any atom is -0.481 e. The summed E-state index contributed by atoms with van der Waals surface area (Å²) in [7, 11) is 0. The molecule has 1 aromatic heterocycles. The molecule has 7 rings (SSSR count). The van der Waals surface area contributed by atoms with Crippen LogP contribution in [0, 0.1) is 56.2 Å². The summed E-state index contributed by atoms with van der Waals surface area (Å²) in [6.45, 7) is 19.6. The Hall–Kier alpha value is -3.00. The first-order chi connectivity index (χ1) is 24.2. The van der Waals surface area contributed by atoms with Gasteiger partial charge in [-0.3, -0.25) is 14.4 Å². The van der Waals surface area contributed by atoms with Gasteiger partial charge in [-0.05, 0) is 123 Å². The van der Waals surface area contributed by atoms with Crippen molar-refractivity contribution in [1.82, 2.24) is 9.97 Å². The van der Waals surface area contributed by atoms with E-state index < -0.39 is 28.9 Å². The van der Waals surface area contributed by atoms with E-state index >= 15 is 0 Å². The molecule has 3 N–H and O–H groups in total. The molecule has 0 bridgehead atoms. The van der Waals surface area contributed by atoms with Crippen LogP contribution in [0.3, 0.4) is 0 Å². The Kier molecular flexibility index (Phi) is 8.80. The number of para-hydroxylation sites is 2. The molecule has 0 saturated heterocycles. The van der Waals surface area contributed by atoms with E-state index in [4.69, 9.17) is 9.72 Å². The predicted octanol–water partition coefficient (Wildman–Crippen LogP) is 8.86. The van der Waals surface area contributed by atoms with Crippen LogP contribution < -0.4 is 0 Å². The first-order valence-electron chi connectivity index (χ1n) is 20.0. The molecule has 8 heteroatoms. The number of hydrogen-bond acceptors (Lipinski definition) is 6. The summed E-state index contributed by atoms with van der Waals surface area (Å²) in [4.78, 5) is 47.2. The number of esters is 1. The highest BCUT2D eigenvalue weighted by Crippen LogP contribution is 2.77. The number of nitrogens with zero attached hydrogens (tertiary/aromatic N) is 1. The molecular weight excluding hydrogens is 652 g/mol. The number of nitrogens with one attached hydrogen (secondary N) is 1. The molecule has 1 heterocycles. The Bertz CT molecular complexity index is 1790. The third kappa shape index (κ3) is 5.30. The molecule has 0 aliphatic heterocycles. The van der Waals surface area contributed by atoms with Gasteiger partial charge in [0.2, 0.25) is 0 Å². The normalized spacial score (nSPS) is 37.6. The number of aliphatic hydroxyl groups excluding tert-OH is 1. The topological polar surface area (TPSA) is 130 Å². The fourth-order valence-corrected chi connectivity index (χ4v) is 13.4. The van der Waals surface area contributed by atoms with E-state index in [0.29, 0.717) is 24.7 Å². The molecule has 0 spiro atoms. The SMILES string of the molecule is CC(C)C1=C2[C@H]3CC[C@@H]4[C@@]5(C)CC[C@H](OC(=O)CC(C)(C)C(=O)O)C(C)(C)[C@@H]5CC[C@@]4(C)[C@]3(C)CC[C@@]2([C@@H](O)Cc2nc3ccccc3[nH]2)CC1=O. The van der Waals surface area contributed by atoms with Gasteiger partial charge < -0.3 is 19.9 Å². The van der Waals surface area contributed by atoms with Crippen molar-refractivity contribution in [2.24, 2.45) is 56.2 Å². The van der Waals surface area contributed by atoms with E-state index in [1.54, 1.807) is 13.8 Å². The molecule has 8 nitrogen and oxygen atoms in total. The summed E-state index contributed by atoms with van der Waals surface area (Å²) in [5.41, 5.74) is 2.22. The van der Waals surface area contributed by atoms with E-state index in [0.717, 1.165) is 73.8 Å². The number of benzene rings is 1. The number of aromatic nitrogens is 2. The molecule has 284 valence electrons. The van der Waals surface area contributed by atoms with Gasteiger partial charge in [-0.15, -0.1) is 0 Å². The molecule has 0 unspecified atom stereocenters. The Morgan fingerprint density at radius 2 is 1.67 bits per heavy atom. The average Bonchev–Trinajstić information content (AvgIpc) is 3.60.